The third-order valence-electron chi connectivity index (χ3n) is 6.33. The van der Waals surface area contributed by atoms with E-state index in [1.54, 1.807) is 19.9 Å². The summed E-state index contributed by atoms with van der Waals surface area (Å²) in [4.78, 5) is 15.4. The van der Waals surface area contributed by atoms with Crippen molar-refractivity contribution in [3.63, 3.8) is 0 Å². The van der Waals surface area contributed by atoms with Crippen molar-refractivity contribution in [3.05, 3.63) is 52.9 Å². The third-order valence-corrected chi connectivity index (χ3v) is 6.33. The molecule has 2 atom stereocenters. The monoisotopic (exact) mass is 393 g/mol. The van der Waals surface area contributed by atoms with Gasteiger partial charge in [0, 0.05) is 30.1 Å². The number of benzene rings is 1. The third kappa shape index (κ3) is 3.56. The summed E-state index contributed by atoms with van der Waals surface area (Å²) < 4.78 is 5.34. The van der Waals surface area contributed by atoms with Crippen LogP contribution in [0.15, 0.2) is 34.9 Å². The summed E-state index contributed by atoms with van der Waals surface area (Å²) in [5, 5.41) is 23.9. The predicted octanol–water partition coefficient (Wildman–Crippen LogP) is 3.87. The van der Waals surface area contributed by atoms with Crippen LogP contribution in [0.4, 0.5) is 0 Å². The number of amides is 1. The van der Waals surface area contributed by atoms with Gasteiger partial charge in [0.25, 0.3) is 5.91 Å². The van der Waals surface area contributed by atoms with Crippen LogP contribution in [0.25, 0.3) is 0 Å². The fourth-order valence-electron chi connectivity index (χ4n) is 4.21. The standard InChI is InChI=1S/C23H27N3O3/c1-15-8-9-16(19-12-20(29-25-19)22(2,3)28)13-26(15)21(27)17-6-4-5-7-18(17)23(14-24)10-11-23/h4-7,12,15-16,28H,8-11,13H2,1-3H3/t15-,16-/m1/s1. The maximum Gasteiger partial charge on any atom is 0.254 e. The van der Waals surface area contributed by atoms with Gasteiger partial charge in [0.1, 0.15) is 5.60 Å². The van der Waals surface area contributed by atoms with Crippen molar-refractivity contribution in [2.75, 3.05) is 6.54 Å². The molecule has 2 fully saturated rings. The van der Waals surface area contributed by atoms with Gasteiger partial charge in [0.2, 0.25) is 0 Å². The molecule has 4 rings (SSSR count). The number of nitriles is 1. The van der Waals surface area contributed by atoms with Crippen molar-refractivity contribution < 1.29 is 14.4 Å². The molecule has 0 radical (unpaired) electrons. The van der Waals surface area contributed by atoms with Gasteiger partial charge in [-0.15, -0.1) is 0 Å². The lowest BCUT2D eigenvalue weighted by molar-refractivity contribution is 0.0474. The molecule has 6 nitrogen and oxygen atoms in total. The van der Waals surface area contributed by atoms with Crippen LogP contribution in [0.3, 0.4) is 0 Å². The van der Waals surface area contributed by atoms with Crippen LogP contribution in [0.2, 0.25) is 0 Å². The maximum absolute atomic E-state index is 13.5. The Morgan fingerprint density at radius 2 is 2.07 bits per heavy atom. The van der Waals surface area contributed by atoms with Gasteiger partial charge in [-0.25, -0.2) is 0 Å². The lowest BCUT2D eigenvalue weighted by Gasteiger charge is -2.38. The second kappa shape index (κ2) is 7.00. The number of hydrogen-bond donors (Lipinski definition) is 1. The molecule has 152 valence electrons. The average Bonchev–Trinajstić information content (AvgIpc) is 3.34. The van der Waals surface area contributed by atoms with Gasteiger partial charge >= 0.3 is 0 Å². The van der Waals surface area contributed by atoms with Crippen molar-refractivity contribution in [1.29, 1.82) is 5.26 Å². The zero-order valence-electron chi connectivity index (χ0n) is 17.2. The first-order valence-corrected chi connectivity index (χ1v) is 10.3. The Balaban J connectivity index is 1.59. The van der Waals surface area contributed by atoms with Crippen molar-refractivity contribution in [3.8, 4) is 6.07 Å². The molecule has 1 amide bonds. The molecule has 1 aliphatic carbocycles. The molecule has 1 aromatic heterocycles. The van der Waals surface area contributed by atoms with E-state index in [2.05, 4.69) is 18.1 Å². The first-order valence-electron chi connectivity index (χ1n) is 10.3. The highest BCUT2D eigenvalue weighted by molar-refractivity contribution is 5.96. The molecule has 1 saturated heterocycles. The van der Waals surface area contributed by atoms with Crippen LogP contribution in [-0.4, -0.2) is 33.7 Å². The van der Waals surface area contributed by atoms with E-state index in [-0.39, 0.29) is 17.9 Å². The molecule has 1 aliphatic heterocycles. The molecule has 6 heteroatoms. The fraction of sp³-hybridized carbons (Fsp3) is 0.522. The number of likely N-dealkylation sites (tertiary alicyclic amines) is 1. The summed E-state index contributed by atoms with van der Waals surface area (Å²) in [6.45, 7) is 5.94. The number of aromatic nitrogens is 1. The van der Waals surface area contributed by atoms with E-state index in [9.17, 15) is 15.2 Å². The molecule has 1 aromatic carbocycles. The minimum atomic E-state index is -1.09. The molecule has 1 saturated carbocycles. The highest BCUT2D eigenvalue weighted by atomic mass is 16.5. The highest BCUT2D eigenvalue weighted by Gasteiger charge is 2.47. The number of hydrogen-bond acceptors (Lipinski definition) is 5. The summed E-state index contributed by atoms with van der Waals surface area (Å²) in [5.41, 5.74) is 0.676. The summed E-state index contributed by atoms with van der Waals surface area (Å²) in [7, 11) is 0. The van der Waals surface area contributed by atoms with E-state index in [0.29, 0.717) is 17.9 Å². The zero-order chi connectivity index (χ0) is 20.8. The van der Waals surface area contributed by atoms with Crippen LogP contribution in [0.1, 0.15) is 79.7 Å². The lowest BCUT2D eigenvalue weighted by atomic mass is 9.88. The normalized spacial score (nSPS) is 23.5. The largest absolute Gasteiger partial charge is 0.382 e. The van der Waals surface area contributed by atoms with Crippen molar-refractivity contribution in [2.24, 2.45) is 0 Å². The van der Waals surface area contributed by atoms with E-state index in [1.165, 1.54) is 0 Å². The smallest absolute Gasteiger partial charge is 0.254 e. The zero-order valence-corrected chi connectivity index (χ0v) is 17.2. The van der Waals surface area contributed by atoms with Crippen LogP contribution in [0, 0.1) is 11.3 Å². The molecular formula is C23H27N3O3. The number of nitrogens with zero attached hydrogens (tertiary/aromatic N) is 3. The van der Waals surface area contributed by atoms with Gasteiger partial charge in [0.15, 0.2) is 5.76 Å². The molecule has 2 aliphatic rings. The van der Waals surface area contributed by atoms with E-state index in [1.807, 2.05) is 29.2 Å². The SMILES string of the molecule is C[C@@H]1CC[C@@H](c2cc(C(C)(C)O)on2)CN1C(=O)c1ccccc1C1(C#N)CC1. The predicted molar refractivity (Wildman–Crippen MR) is 107 cm³/mol. The number of piperidine rings is 1. The van der Waals surface area contributed by atoms with Gasteiger partial charge in [-0.2, -0.15) is 5.26 Å². The van der Waals surface area contributed by atoms with Crippen LogP contribution in [0.5, 0.6) is 0 Å². The second-order valence-corrected chi connectivity index (χ2v) is 9.00. The number of rotatable bonds is 4. The molecule has 0 spiro atoms. The minimum Gasteiger partial charge on any atom is -0.382 e. The molecule has 0 bridgehead atoms. The Bertz CT molecular complexity index is 962. The maximum atomic E-state index is 13.5. The number of carbonyl (C=O) groups is 1. The molecule has 2 aromatic rings. The number of carbonyl (C=O) groups excluding carboxylic acids is 1. The van der Waals surface area contributed by atoms with Gasteiger partial charge in [-0.1, -0.05) is 23.4 Å². The molecule has 0 unspecified atom stereocenters. The molecular weight excluding hydrogens is 366 g/mol. The lowest BCUT2D eigenvalue weighted by Crippen LogP contribution is -2.45. The summed E-state index contributed by atoms with van der Waals surface area (Å²) in [5.74, 6) is 0.470. The first kappa shape index (κ1) is 19.7. The Labute approximate surface area is 171 Å². The van der Waals surface area contributed by atoms with E-state index in [0.717, 1.165) is 36.9 Å². The van der Waals surface area contributed by atoms with Gasteiger partial charge in [-0.05, 0) is 58.1 Å². The first-order chi connectivity index (χ1) is 13.7. The van der Waals surface area contributed by atoms with E-state index in [4.69, 9.17) is 4.52 Å². The highest BCUT2D eigenvalue weighted by Crippen LogP contribution is 2.49. The second-order valence-electron chi connectivity index (χ2n) is 9.00. The fourth-order valence-corrected chi connectivity index (χ4v) is 4.21. The van der Waals surface area contributed by atoms with Gasteiger partial charge in [0.05, 0.1) is 17.2 Å². The van der Waals surface area contributed by atoms with Gasteiger partial charge in [-0.3, -0.25) is 4.79 Å². The minimum absolute atomic E-state index is 0.0227. The Kier molecular flexibility index (Phi) is 4.74. The summed E-state index contributed by atoms with van der Waals surface area (Å²) >= 11 is 0. The molecule has 29 heavy (non-hydrogen) atoms. The van der Waals surface area contributed by atoms with Gasteiger partial charge < -0.3 is 14.5 Å². The Morgan fingerprint density at radius 3 is 2.69 bits per heavy atom. The Hall–Kier alpha value is -2.65. The van der Waals surface area contributed by atoms with Crippen LogP contribution < -0.4 is 0 Å². The summed E-state index contributed by atoms with van der Waals surface area (Å²) in [6, 6.07) is 11.9. The number of aliphatic hydroxyl groups is 1. The van der Waals surface area contributed by atoms with Crippen LogP contribution >= 0.6 is 0 Å². The van der Waals surface area contributed by atoms with E-state index >= 15 is 0 Å². The van der Waals surface area contributed by atoms with Crippen LogP contribution in [-0.2, 0) is 11.0 Å². The molecule has 2 heterocycles. The quantitative estimate of drug-likeness (QED) is 0.852. The van der Waals surface area contributed by atoms with Crippen molar-refractivity contribution >= 4 is 5.91 Å². The topological polar surface area (TPSA) is 90.4 Å². The Morgan fingerprint density at radius 1 is 1.34 bits per heavy atom. The van der Waals surface area contributed by atoms with Crippen molar-refractivity contribution in [1.82, 2.24) is 10.1 Å². The molecule has 1 N–H and O–H groups in total. The van der Waals surface area contributed by atoms with Crippen molar-refractivity contribution in [2.45, 2.75) is 69.4 Å². The average molecular weight is 393 g/mol. The van der Waals surface area contributed by atoms with E-state index < -0.39 is 11.0 Å². The summed E-state index contributed by atoms with van der Waals surface area (Å²) in [6.07, 6.45) is 3.40.